The van der Waals surface area contributed by atoms with Crippen molar-refractivity contribution in [1.82, 2.24) is 10.6 Å². The predicted octanol–water partition coefficient (Wildman–Crippen LogP) is 0.995. The molecule has 0 fully saturated rings. The number of benzene rings is 1. The van der Waals surface area contributed by atoms with Crippen LogP contribution in [0, 0.1) is 5.92 Å². The first-order valence-electron chi connectivity index (χ1n) is 6.92. The van der Waals surface area contributed by atoms with Crippen molar-refractivity contribution in [1.29, 1.82) is 0 Å². The van der Waals surface area contributed by atoms with Crippen molar-refractivity contribution in [3.8, 4) is 5.75 Å². The Morgan fingerprint density at radius 1 is 1.19 bits per heavy atom. The number of anilines is 1. The van der Waals surface area contributed by atoms with Crippen molar-refractivity contribution in [3.63, 3.8) is 0 Å². The fraction of sp³-hybridized carbons (Fsp3) is 0.467. The molecule has 0 aliphatic carbocycles. The molecule has 0 unspecified atom stereocenters. The van der Waals surface area contributed by atoms with Crippen molar-refractivity contribution in [2.24, 2.45) is 5.92 Å². The summed E-state index contributed by atoms with van der Waals surface area (Å²) in [4.78, 5) is 23.2. The van der Waals surface area contributed by atoms with Crippen molar-refractivity contribution in [2.45, 2.75) is 13.8 Å². The Morgan fingerprint density at radius 3 is 2.57 bits per heavy atom. The molecule has 0 heterocycles. The summed E-state index contributed by atoms with van der Waals surface area (Å²) in [5.41, 5.74) is 0.658. The molecule has 0 saturated carbocycles. The monoisotopic (exact) mass is 293 g/mol. The third kappa shape index (κ3) is 7.31. The van der Waals surface area contributed by atoms with Gasteiger partial charge in [-0.25, -0.2) is 0 Å². The minimum Gasteiger partial charge on any atom is -0.497 e. The average Bonchev–Trinajstić information content (AvgIpc) is 2.45. The standard InChI is InChI=1S/C15H23N3O3/c1-11(2)8-17-14(19)9-16-10-15(20)18-12-5-4-6-13(7-12)21-3/h4-7,11,16H,8-10H2,1-3H3,(H,17,19)(H,18,20). The van der Waals surface area contributed by atoms with E-state index in [1.807, 2.05) is 13.8 Å². The molecule has 6 nitrogen and oxygen atoms in total. The fourth-order valence-electron chi connectivity index (χ4n) is 1.58. The molecule has 0 aliphatic rings. The minimum absolute atomic E-state index is 0.0757. The largest absolute Gasteiger partial charge is 0.497 e. The van der Waals surface area contributed by atoms with Crippen LogP contribution in [-0.4, -0.2) is 38.6 Å². The summed E-state index contributed by atoms with van der Waals surface area (Å²) >= 11 is 0. The maximum absolute atomic E-state index is 11.7. The molecule has 21 heavy (non-hydrogen) atoms. The Bertz CT molecular complexity index is 475. The van der Waals surface area contributed by atoms with Gasteiger partial charge in [-0.2, -0.15) is 0 Å². The molecule has 1 rings (SSSR count). The van der Waals surface area contributed by atoms with Crippen LogP contribution in [0.4, 0.5) is 5.69 Å². The average molecular weight is 293 g/mol. The Kier molecular flexibility index (Phi) is 7.25. The maximum atomic E-state index is 11.7. The summed E-state index contributed by atoms with van der Waals surface area (Å²) in [6, 6.07) is 7.09. The summed E-state index contributed by atoms with van der Waals surface area (Å²) in [5, 5.41) is 8.30. The Morgan fingerprint density at radius 2 is 1.90 bits per heavy atom. The van der Waals surface area contributed by atoms with Crippen LogP contribution < -0.4 is 20.7 Å². The van der Waals surface area contributed by atoms with Crippen LogP contribution in [0.2, 0.25) is 0 Å². The van der Waals surface area contributed by atoms with Gasteiger partial charge in [-0.3, -0.25) is 14.9 Å². The molecule has 1 aromatic carbocycles. The van der Waals surface area contributed by atoms with E-state index in [1.165, 1.54) is 0 Å². The third-order valence-electron chi connectivity index (χ3n) is 2.63. The van der Waals surface area contributed by atoms with E-state index < -0.39 is 0 Å². The summed E-state index contributed by atoms with van der Waals surface area (Å²) in [6.45, 7) is 4.88. The van der Waals surface area contributed by atoms with Crippen molar-refractivity contribution < 1.29 is 14.3 Å². The first-order chi connectivity index (χ1) is 10.0. The summed E-state index contributed by atoms with van der Waals surface area (Å²) in [6.07, 6.45) is 0. The highest BCUT2D eigenvalue weighted by molar-refractivity contribution is 5.92. The number of hydrogen-bond donors (Lipinski definition) is 3. The van der Waals surface area contributed by atoms with E-state index in [4.69, 9.17) is 4.74 Å². The summed E-state index contributed by atoms with van der Waals surface area (Å²) < 4.78 is 5.08. The number of hydrogen-bond acceptors (Lipinski definition) is 4. The van der Waals surface area contributed by atoms with Crippen LogP contribution in [0.1, 0.15) is 13.8 Å². The summed E-state index contributed by atoms with van der Waals surface area (Å²) in [5.74, 6) is 0.761. The van der Waals surface area contributed by atoms with E-state index in [2.05, 4.69) is 16.0 Å². The number of nitrogens with one attached hydrogen (secondary N) is 3. The van der Waals surface area contributed by atoms with Gasteiger partial charge in [0, 0.05) is 18.3 Å². The molecule has 0 spiro atoms. The number of methoxy groups -OCH3 is 1. The molecule has 6 heteroatoms. The second-order valence-corrected chi connectivity index (χ2v) is 5.08. The highest BCUT2D eigenvalue weighted by atomic mass is 16.5. The van der Waals surface area contributed by atoms with Crippen LogP contribution >= 0.6 is 0 Å². The van der Waals surface area contributed by atoms with Crippen molar-refractivity contribution in [3.05, 3.63) is 24.3 Å². The van der Waals surface area contributed by atoms with Gasteiger partial charge in [0.2, 0.25) is 11.8 Å². The normalized spacial score (nSPS) is 10.3. The number of ether oxygens (including phenoxy) is 1. The highest BCUT2D eigenvalue weighted by Crippen LogP contribution is 2.16. The second-order valence-electron chi connectivity index (χ2n) is 5.08. The first kappa shape index (κ1) is 17.0. The fourth-order valence-corrected chi connectivity index (χ4v) is 1.58. The highest BCUT2D eigenvalue weighted by Gasteiger charge is 2.05. The van der Waals surface area contributed by atoms with Gasteiger partial charge in [0.25, 0.3) is 0 Å². The van der Waals surface area contributed by atoms with E-state index in [0.29, 0.717) is 23.9 Å². The zero-order valence-corrected chi connectivity index (χ0v) is 12.7. The van der Waals surface area contributed by atoms with Crippen LogP contribution in [0.15, 0.2) is 24.3 Å². The van der Waals surface area contributed by atoms with Gasteiger partial charge in [-0.15, -0.1) is 0 Å². The lowest BCUT2D eigenvalue weighted by atomic mass is 10.2. The van der Waals surface area contributed by atoms with Crippen molar-refractivity contribution in [2.75, 3.05) is 32.1 Å². The van der Waals surface area contributed by atoms with Gasteiger partial charge in [0.15, 0.2) is 0 Å². The molecule has 3 N–H and O–H groups in total. The van der Waals surface area contributed by atoms with Gasteiger partial charge in [-0.1, -0.05) is 19.9 Å². The van der Waals surface area contributed by atoms with E-state index in [-0.39, 0.29) is 24.9 Å². The minimum atomic E-state index is -0.208. The Hall–Kier alpha value is -2.08. The molecule has 0 bridgehead atoms. The Balaban J connectivity index is 2.26. The van der Waals surface area contributed by atoms with Crippen LogP contribution in [0.25, 0.3) is 0 Å². The lowest BCUT2D eigenvalue weighted by Crippen LogP contribution is -2.38. The number of amides is 2. The summed E-state index contributed by atoms with van der Waals surface area (Å²) in [7, 11) is 1.57. The van der Waals surface area contributed by atoms with E-state index in [9.17, 15) is 9.59 Å². The third-order valence-corrected chi connectivity index (χ3v) is 2.63. The molecular formula is C15H23N3O3. The zero-order chi connectivity index (χ0) is 15.7. The molecule has 0 aromatic heterocycles. The van der Waals surface area contributed by atoms with Gasteiger partial charge in [0.05, 0.1) is 20.2 Å². The number of rotatable bonds is 8. The SMILES string of the molecule is COc1cccc(NC(=O)CNCC(=O)NCC(C)C)c1. The lowest BCUT2D eigenvalue weighted by molar-refractivity contribution is -0.120. The van der Waals surface area contributed by atoms with Crippen LogP contribution in [0.3, 0.4) is 0 Å². The van der Waals surface area contributed by atoms with Crippen LogP contribution in [0.5, 0.6) is 5.75 Å². The Labute approximate surface area is 125 Å². The lowest BCUT2D eigenvalue weighted by Gasteiger charge is -2.09. The second kappa shape index (κ2) is 8.97. The molecule has 0 saturated heterocycles. The van der Waals surface area contributed by atoms with E-state index in [1.54, 1.807) is 31.4 Å². The molecule has 1 aromatic rings. The number of carbonyl (C=O) groups excluding carboxylic acids is 2. The molecule has 0 radical (unpaired) electrons. The molecular weight excluding hydrogens is 270 g/mol. The molecule has 2 amide bonds. The molecule has 0 aliphatic heterocycles. The van der Waals surface area contributed by atoms with Gasteiger partial charge < -0.3 is 15.4 Å². The van der Waals surface area contributed by atoms with E-state index in [0.717, 1.165) is 0 Å². The zero-order valence-electron chi connectivity index (χ0n) is 12.7. The van der Waals surface area contributed by atoms with Gasteiger partial charge in [0.1, 0.15) is 5.75 Å². The molecule has 0 atom stereocenters. The quantitative estimate of drug-likeness (QED) is 0.668. The molecule has 116 valence electrons. The smallest absolute Gasteiger partial charge is 0.238 e. The van der Waals surface area contributed by atoms with Crippen LogP contribution in [-0.2, 0) is 9.59 Å². The number of carbonyl (C=O) groups is 2. The predicted molar refractivity (Wildman–Crippen MR) is 82.3 cm³/mol. The topological polar surface area (TPSA) is 79.5 Å². The van der Waals surface area contributed by atoms with Crippen molar-refractivity contribution >= 4 is 17.5 Å². The van der Waals surface area contributed by atoms with Gasteiger partial charge >= 0.3 is 0 Å². The maximum Gasteiger partial charge on any atom is 0.238 e. The van der Waals surface area contributed by atoms with E-state index >= 15 is 0 Å². The first-order valence-corrected chi connectivity index (χ1v) is 6.92. The van der Waals surface area contributed by atoms with Gasteiger partial charge in [-0.05, 0) is 18.1 Å².